The Morgan fingerprint density at radius 1 is 0.262 bits per heavy atom. The van der Waals surface area contributed by atoms with Gasteiger partial charge in [0.05, 0.1) is 0 Å². The highest BCUT2D eigenvalue weighted by atomic mass is 16.6. The van der Waals surface area contributed by atoms with Crippen LogP contribution in [-0.4, -0.2) is 37.2 Å². The minimum atomic E-state index is -0.757. The summed E-state index contributed by atoms with van der Waals surface area (Å²) in [6.45, 7) is 6.58. The van der Waals surface area contributed by atoms with Crippen molar-refractivity contribution < 1.29 is 28.6 Å². The molecule has 6 heteroatoms. The van der Waals surface area contributed by atoms with Crippen LogP contribution >= 0.6 is 0 Å². The van der Waals surface area contributed by atoms with E-state index < -0.39 is 6.10 Å². The number of carbonyl (C=O) groups is 3. The van der Waals surface area contributed by atoms with E-state index in [0.29, 0.717) is 19.3 Å². The Balaban J connectivity index is 3.82. The molecule has 0 aliphatic carbocycles. The third-order valence-corrected chi connectivity index (χ3v) is 12.6. The molecule has 0 aromatic rings. The Morgan fingerprint density at radius 3 is 0.656 bits per heavy atom. The van der Waals surface area contributed by atoms with E-state index in [-0.39, 0.29) is 31.1 Å². The van der Waals surface area contributed by atoms with E-state index in [9.17, 15) is 14.4 Å². The Labute approximate surface area is 380 Å². The molecule has 0 heterocycles. The quantitative estimate of drug-likeness (QED) is 0.0344. The van der Waals surface area contributed by atoms with Crippen LogP contribution in [0.15, 0.2) is 0 Å². The molecule has 0 spiro atoms. The lowest BCUT2D eigenvalue weighted by Gasteiger charge is -2.18. The fourth-order valence-corrected chi connectivity index (χ4v) is 8.45. The molecule has 6 nitrogen and oxygen atoms in total. The standard InChI is InChI=1S/C55H106O6/c1-4-7-10-13-15-17-18-19-20-21-22-23-24-25-26-27-28-29-30-31-32-33-34-35-36-38-39-42-45-48-54(57)60-51-52(50-59-53(56)47-44-41-12-9-6-3)61-55(58)49-46-43-40-37-16-14-11-8-5-2/h52H,4-51H2,1-3H3. The van der Waals surface area contributed by atoms with Crippen molar-refractivity contribution in [2.75, 3.05) is 13.2 Å². The third-order valence-electron chi connectivity index (χ3n) is 12.6. The van der Waals surface area contributed by atoms with Crippen LogP contribution < -0.4 is 0 Å². The largest absolute Gasteiger partial charge is 0.462 e. The van der Waals surface area contributed by atoms with Crippen LogP contribution in [0, 0.1) is 0 Å². The van der Waals surface area contributed by atoms with Crippen molar-refractivity contribution in [3.05, 3.63) is 0 Å². The molecule has 0 rings (SSSR count). The van der Waals surface area contributed by atoms with Gasteiger partial charge < -0.3 is 14.2 Å². The van der Waals surface area contributed by atoms with Crippen molar-refractivity contribution in [2.24, 2.45) is 0 Å². The van der Waals surface area contributed by atoms with Gasteiger partial charge in [-0.25, -0.2) is 0 Å². The van der Waals surface area contributed by atoms with Crippen LogP contribution in [0.3, 0.4) is 0 Å². The second-order valence-electron chi connectivity index (χ2n) is 18.9. The number of unbranched alkanes of at least 4 members (excludes halogenated alkanes) is 40. The Kier molecular flexibility index (Phi) is 49.7. The number of rotatable bonds is 51. The van der Waals surface area contributed by atoms with Crippen molar-refractivity contribution in [1.29, 1.82) is 0 Å². The molecule has 362 valence electrons. The zero-order chi connectivity index (χ0) is 44.4. The summed E-state index contributed by atoms with van der Waals surface area (Å²) >= 11 is 0. The van der Waals surface area contributed by atoms with Gasteiger partial charge in [-0.2, -0.15) is 0 Å². The Hall–Kier alpha value is -1.59. The highest BCUT2D eigenvalue weighted by Crippen LogP contribution is 2.18. The van der Waals surface area contributed by atoms with E-state index in [2.05, 4.69) is 20.8 Å². The first-order valence-corrected chi connectivity index (χ1v) is 27.5. The molecule has 0 aliphatic rings. The highest BCUT2D eigenvalue weighted by Gasteiger charge is 2.19. The molecule has 0 aromatic carbocycles. The zero-order valence-corrected chi connectivity index (χ0v) is 41.5. The maximum Gasteiger partial charge on any atom is 0.306 e. The third kappa shape index (κ3) is 49.3. The number of carbonyl (C=O) groups excluding carboxylic acids is 3. The average molecular weight is 863 g/mol. The number of hydrogen-bond acceptors (Lipinski definition) is 6. The van der Waals surface area contributed by atoms with Gasteiger partial charge in [0.1, 0.15) is 13.2 Å². The van der Waals surface area contributed by atoms with E-state index >= 15 is 0 Å². The lowest BCUT2D eigenvalue weighted by molar-refractivity contribution is -0.167. The van der Waals surface area contributed by atoms with Gasteiger partial charge in [0.25, 0.3) is 0 Å². The van der Waals surface area contributed by atoms with Gasteiger partial charge in [0, 0.05) is 19.3 Å². The summed E-state index contributed by atoms with van der Waals surface area (Å²) in [5.74, 6) is -0.864. The maximum atomic E-state index is 12.6. The summed E-state index contributed by atoms with van der Waals surface area (Å²) in [5.41, 5.74) is 0. The first-order chi connectivity index (χ1) is 30.0. The predicted octanol–water partition coefficient (Wildman–Crippen LogP) is 18.0. The van der Waals surface area contributed by atoms with Gasteiger partial charge >= 0.3 is 17.9 Å². The lowest BCUT2D eigenvalue weighted by Crippen LogP contribution is -2.30. The molecule has 0 fully saturated rings. The topological polar surface area (TPSA) is 78.9 Å². The molecule has 61 heavy (non-hydrogen) atoms. The van der Waals surface area contributed by atoms with Crippen LogP contribution in [-0.2, 0) is 28.6 Å². The van der Waals surface area contributed by atoms with Crippen LogP contribution in [0.1, 0.15) is 316 Å². The average Bonchev–Trinajstić information content (AvgIpc) is 3.26. The Bertz CT molecular complexity index is 905. The van der Waals surface area contributed by atoms with Crippen molar-refractivity contribution in [3.63, 3.8) is 0 Å². The van der Waals surface area contributed by atoms with Crippen molar-refractivity contribution in [3.8, 4) is 0 Å². The molecule has 0 saturated carbocycles. The first kappa shape index (κ1) is 59.4. The van der Waals surface area contributed by atoms with Crippen molar-refractivity contribution in [2.45, 2.75) is 322 Å². The molecule has 1 atom stereocenters. The van der Waals surface area contributed by atoms with Crippen LogP contribution in [0.4, 0.5) is 0 Å². The molecule has 0 radical (unpaired) electrons. The van der Waals surface area contributed by atoms with E-state index in [1.807, 2.05) is 0 Å². The minimum Gasteiger partial charge on any atom is -0.462 e. The smallest absolute Gasteiger partial charge is 0.306 e. The lowest BCUT2D eigenvalue weighted by atomic mass is 10.0. The van der Waals surface area contributed by atoms with Gasteiger partial charge in [-0.1, -0.05) is 278 Å². The fraction of sp³-hybridized carbons (Fsp3) is 0.945. The first-order valence-electron chi connectivity index (χ1n) is 27.5. The molecule has 0 amide bonds. The molecule has 0 bridgehead atoms. The normalized spacial score (nSPS) is 11.9. The summed E-state index contributed by atoms with van der Waals surface area (Å²) < 4.78 is 16.6. The van der Waals surface area contributed by atoms with Gasteiger partial charge in [0.2, 0.25) is 0 Å². The highest BCUT2D eigenvalue weighted by molar-refractivity contribution is 5.71. The predicted molar refractivity (Wildman–Crippen MR) is 261 cm³/mol. The van der Waals surface area contributed by atoms with Gasteiger partial charge in [0.15, 0.2) is 6.10 Å². The maximum absolute atomic E-state index is 12.6. The van der Waals surface area contributed by atoms with Crippen LogP contribution in [0.5, 0.6) is 0 Å². The second kappa shape index (κ2) is 51.0. The number of hydrogen-bond donors (Lipinski definition) is 0. The number of esters is 3. The van der Waals surface area contributed by atoms with E-state index in [0.717, 1.165) is 64.2 Å². The molecule has 1 unspecified atom stereocenters. The van der Waals surface area contributed by atoms with Gasteiger partial charge in [-0.05, 0) is 19.3 Å². The summed E-state index contributed by atoms with van der Waals surface area (Å²) in [6.07, 6.45) is 56.0. The SMILES string of the molecule is CCCCCCCCCCCCCCCCCCCCCCCCCCCCCCCC(=O)OCC(COC(=O)CCCCCCC)OC(=O)CCCCCCCCCCC. The summed E-state index contributed by atoms with van der Waals surface area (Å²) in [5, 5.41) is 0. The van der Waals surface area contributed by atoms with Crippen molar-refractivity contribution >= 4 is 17.9 Å². The number of ether oxygens (including phenoxy) is 3. The molecule has 0 N–H and O–H groups in total. The van der Waals surface area contributed by atoms with Crippen molar-refractivity contribution in [1.82, 2.24) is 0 Å². The zero-order valence-electron chi connectivity index (χ0n) is 41.5. The van der Waals surface area contributed by atoms with E-state index in [1.54, 1.807) is 0 Å². The fourth-order valence-electron chi connectivity index (χ4n) is 8.45. The van der Waals surface area contributed by atoms with Crippen LogP contribution in [0.25, 0.3) is 0 Å². The summed E-state index contributed by atoms with van der Waals surface area (Å²) in [4.78, 5) is 37.5. The molecular weight excluding hydrogens is 757 g/mol. The molecule has 0 saturated heterocycles. The molecule has 0 aromatic heterocycles. The van der Waals surface area contributed by atoms with Crippen LogP contribution in [0.2, 0.25) is 0 Å². The summed E-state index contributed by atoms with van der Waals surface area (Å²) in [6, 6.07) is 0. The monoisotopic (exact) mass is 863 g/mol. The molecule has 0 aliphatic heterocycles. The minimum absolute atomic E-state index is 0.0638. The van der Waals surface area contributed by atoms with E-state index in [4.69, 9.17) is 14.2 Å². The summed E-state index contributed by atoms with van der Waals surface area (Å²) in [7, 11) is 0. The molecular formula is C55H106O6. The van der Waals surface area contributed by atoms with Gasteiger partial charge in [-0.3, -0.25) is 14.4 Å². The second-order valence-corrected chi connectivity index (χ2v) is 18.9. The van der Waals surface area contributed by atoms with Gasteiger partial charge in [-0.15, -0.1) is 0 Å². The van der Waals surface area contributed by atoms with E-state index in [1.165, 1.54) is 212 Å². The Morgan fingerprint density at radius 2 is 0.443 bits per heavy atom.